The molecule has 6 rings (SSSR count). The first-order chi connectivity index (χ1) is 20.4. The van der Waals surface area contributed by atoms with Crippen molar-refractivity contribution in [3.63, 3.8) is 0 Å². The Morgan fingerprint density at radius 1 is 1.07 bits per heavy atom. The predicted octanol–water partition coefficient (Wildman–Crippen LogP) is 2.32. The number of methoxy groups -OCH3 is 2. The van der Waals surface area contributed by atoms with E-state index in [1.54, 1.807) is 45.6 Å². The molecule has 2 amide bonds. The monoisotopic (exact) mass is 589 g/mol. The van der Waals surface area contributed by atoms with Gasteiger partial charge < -0.3 is 29.5 Å². The van der Waals surface area contributed by atoms with Gasteiger partial charge in [-0.05, 0) is 35.9 Å². The Morgan fingerprint density at radius 2 is 1.83 bits per heavy atom. The van der Waals surface area contributed by atoms with Crippen molar-refractivity contribution in [3.05, 3.63) is 75.6 Å². The van der Waals surface area contributed by atoms with Gasteiger partial charge in [0.1, 0.15) is 23.3 Å². The molecule has 12 nitrogen and oxygen atoms in total. The fourth-order valence-corrected chi connectivity index (χ4v) is 5.64. The maximum absolute atomic E-state index is 12.2. The number of aromatic nitrogens is 3. The van der Waals surface area contributed by atoms with E-state index in [2.05, 4.69) is 32.5 Å². The molecule has 4 heterocycles. The molecule has 3 aliphatic rings. The predicted molar refractivity (Wildman–Crippen MR) is 161 cm³/mol. The van der Waals surface area contributed by atoms with E-state index >= 15 is 0 Å². The third-order valence-electron chi connectivity index (χ3n) is 7.59. The van der Waals surface area contributed by atoms with Gasteiger partial charge in [0.15, 0.2) is 5.65 Å². The molecule has 3 aromatic rings. The van der Waals surface area contributed by atoms with E-state index < -0.39 is 0 Å². The zero-order valence-corrected chi connectivity index (χ0v) is 24.7. The summed E-state index contributed by atoms with van der Waals surface area (Å²) in [7, 11) is 6.77. The smallest absolute Gasteiger partial charge is 0.319 e. The van der Waals surface area contributed by atoms with Crippen LogP contribution in [-0.4, -0.2) is 90.9 Å². The third kappa shape index (κ3) is 5.13. The van der Waals surface area contributed by atoms with Crippen molar-refractivity contribution in [2.45, 2.75) is 13.0 Å². The molecule has 0 atom stereocenters. The molecule has 0 saturated carbocycles. The summed E-state index contributed by atoms with van der Waals surface area (Å²) >= 11 is 6.74. The highest BCUT2D eigenvalue weighted by molar-refractivity contribution is 6.36. The van der Waals surface area contributed by atoms with E-state index in [9.17, 15) is 4.79 Å². The highest BCUT2D eigenvalue weighted by atomic mass is 35.5. The summed E-state index contributed by atoms with van der Waals surface area (Å²) < 4.78 is 12.9. The van der Waals surface area contributed by atoms with E-state index in [-0.39, 0.29) is 6.03 Å². The largest absolute Gasteiger partial charge is 0.501 e. The Bertz CT molecular complexity index is 1750. The molecule has 1 saturated heterocycles. The van der Waals surface area contributed by atoms with Crippen LogP contribution < -0.4 is 20.9 Å². The van der Waals surface area contributed by atoms with E-state index in [1.807, 2.05) is 27.5 Å². The number of halogens is 1. The van der Waals surface area contributed by atoms with Crippen LogP contribution in [-0.2, 0) is 16.0 Å². The van der Waals surface area contributed by atoms with Crippen LogP contribution in [0.15, 0.2) is 69.3 Å². The standard InChI is InChI=1S/C29H32ClN9O3/c1-36(2)29(40)38-11-9-37(10-12-38)20-7-5-19(6-8-20)33-28-31-16-18-13-23(27-35-32-17-39(27)26(18)34-28)22-14-21(41-3)15-24(42-4)25(22)30/h5-8,13,15,17H,9-12,14,16H2,1-4H3,(H,31,33). The number of guanidine groups is 1. The molecule has 2 aliphatic heterocycles. The van der Waals surface area contributed by atoms with Crippen molar-refractivity contribution in [3.8, 4) is 0 Å². The normalized spacial score (nSPS) is 18.2. The Hall–Kier alpha value is -4.58. The van der Waals surface area contributed by atoms with Crippen molar-refractivity contribution < 1.29 is 14.3 Å². The summed E-state index contributed by atoms with van der Waals surface area (Å²) in [5, 5.41) is 13.2. The minimum absolute atomic E-state index is 0.0544. The number of nitrogens with one attached hydrogen (secondary N) is 1. The lowest BCUT2D eigenvalue weighted by Crippen LogP contribution is -2.51. The lowest BCUT2D eigenvalue weighted by molar-refractivity contribution is 0.168. The van der Waals surface area contributed by atoms with Gasteiger partial charge in [-0.1, -0.05) is 11.6 Å². The summed E-state index contributed by atoms with van der Waals surface area (Å²) in [5.74, 6) is 1.78. The summed E-state index contributed by atoms with van der Waals surface area (Å²) in [4.78, 5) is 27.5. The second-order valence-electron chi connectivity index (χ2n) is 10.4. The highest BCUT2D eigenvalue weighted by Gasteiger charge is 2.23. The van der Waals surface area contributed by atoms with Crippen molar-refractivity contribution in [2.24, 2.45) is 9.98 Å². The topological polar surface area (TPSA) is 112 Å². The highest BCUT2D eigenvalue weighted by Crippen LogP contribution is 2.33. The zero-order valence-electron chi connectivity index (χ0n) is 24.0. The summed E-state index contributed by atoms with van der Waals surface area (Å²) in [6, 6.07) is 10.2. The minimum Gasteiger partial charge on any atom is -0.501 e. The Labute approximate surface area is 247 Å². The molecule has 0 bridgehead atoms. The van der Waals surface area contributed by atoms with Crippen molar-refractivity contribution in [1.82, 2.24) is 24.4 Å². The van der Waals surface area contributed by atoms with Crippen LogP contribution in [0.4, 0.5) is 16.2 Å². The maximum Gasteiger partial charge on any atom is 0.319 e. The van der Waals surface area contributed by atoms with Gasteiger partial charge in [-0.15, -0.1) is 10.2 Å². The molecule has 1 fully saturated rings. The Kier molecular flexibility index (Phi) is 7.46. The van der Waals surface area contributed by atoms with Crippen LogP contribution in [0.2, 0.25) is 0 Å². The second-order valence-corrected chi connectivity index (χ2v) is 10.7. The molecule has 1 N–H and O–H groups in total. The number of ether oxygens (including phenoxy) is 2. The molecule has 42 heavy (non-hydrogen) atoms. The molecule has 0 spiro atoms. The van der Waals surface area contributed by atoms with E-state index in [4.69, 9.17) is 31.1 Å². The number of allylic oxidation sites excluding steroid dienone is 3. The second kappa shape index (κ2) is 11.4. The molecular formula is C29H32ClN9O3. The van der Waals surface area contributed by atoms with Crippen molar-refractivity contribution in [2.75, 3.05) is 64.7 Å². The van der Waals surface area contributed by atoms with Crippen LogP contribution in [0.25, 0.3) is 11.2 Å². The number of urea groups is 1. The molecule has 0 unspecified atom stereocenters. The van der Waals surface area contributed by atoms with Gasteiger partial charge in [0.2, 0.25) is 5.96 Å². The number of carbonyl (C=O) groups is 1. The number of carbonyl (C=O) groups excluding carboxylic acids is 1. The summed E-state index contributed by atoms with van der Waals surface area (Å²) in [6.07, 6.45) is 3.94. The van der Waals surface area contributed by atoms with E-state index in [0.29, 0.717) is 53.9 Å². The number of benzene rings is 1. The van der Waals surface area contributed by atoms with Crippen molar-refractivity contribution in [1.29, 1.82) is 0 Å². The van der Waals surface area contributed by atoms with Gasteiger partial charge >= 0.3 is 6.03 Å². The molecule has 2 aromatic heterocycles. The maximum atomic E-state index is 12.2. The number of nitrogens with zero attached hydrogens (tertiary/aromatic N) is 8. The van der Waals surface area contributed by atoms with Crippen LogP contribution in [0.1, 0.15) is 12.0 Å². The molecule has 1 aliphatic carbocycles. The lowest BCUT2D eigenvalue weighted by atomic mass is 10.0. The first-order valence-corrected chi connectivity index (χ1v) is 14.0. The van der Waals surface area contributed by atoms with Gasteiger partial charge in [0.25, 0.3) is 0 Å². The number of fused-ring (bicyclic) bond motifs is 3. The fourth-order valence-electron chi connectivity index (χ4n) is 5.34. The number of rotatable bonds is 4. The van der Waals surface area contributed by atoms with Gasteiger partial charge in [0.05, 0.1) is 25.8 Å². The fraction of sp³-hybridized carbons (Fsp3) is 0.345. The van der Waals surface area contributed by atoms with E-state index in [0.717, 1.165) is 46.6 Å². The van der Waals surface area contributed by atoms with Crippen LogP contribution in [0.3, 0.4) is 0 Å². The van der Waals surface area contributed by atoms with Gasteiger partial charge in [-0.25, -0.2) is 9.79 Å². The Balaban J connectivity index is 1.23. The number of hydrogen-bond acceptors (Lipinski definition) is 9. The average Bonchev–Trinajstić information content (AvgIpc) is 3.52. The van der Waals surface area contributed by atoms with Crippen LogP contribution >= 0.6 is 11.6 Å². The molecular weight excluding hydrogens is 558 g/mol. The molecule has 0 radical (unpaired) electrons. The molecule has 13 heteroatoms. The zero-order chi connectivity index (χ0) is 29.4. The minimum atomic E-state index is 0.0544. The number of piperazine rings is 1. The van der Waals surface area contributed by atoms with Gasteiger partial charge in [-0.2, -0.15) is 4.99 Å². The van der Waals surface area contributed by atoms with Gasteiger partial charge in [0, 0.05) is 74.9 Å². The number of hydrogen-bond donors (Lipinski definition) is 1. The Morgan fingerprint density at radius 3 is 2.52 bits per heavy atom. The lowest BCUT2D eigenvalue weighted by Gasteiger charge is -2.37. The summed E-state index contributed by atoms with van der Waals surface area (Å²) in [5.41, 5.74) is 5.10. The van der Waals surface area contributed by atoms with E-state index in [1.165, 1.54) is 0 Å². The molecule has 218 valence electrons. The third-order valence-corrected chi connectivity index (χ3v) is 8.00. The van der Waals surface area contributed by atoms with Gasteiger partial charge in [-0.3, -0.25) is 4.40 Å². The first kappa shape index (κ1) is 27.6. The quantitative estimate of drug-likeness (QED) is 0.497. The van der Waals surface area contributed by atoms with Crippen LogP contribution in [0.5, 0.6) is 0 Å². The molecule has 1 aromatic carbocycles. The SMILES string of the molecule is COC1=CC(OC)=C(Cl)C(=c2cc3c(n4cnnc24)=NC(Nc2ccc(N4CCN(C(=O)N(C)C)CC4)cc2)=NC3)C1. The summed E-state index contributed by atoms with van der Waals surface area (Å²) in [6.45, 7) is 3.40. The number of pyridine rings is 1. The number of aliphatic imine (C=N–C) groups is 1. The number of anilines is 2. The van der Waals surface area contributed by atoms with Crippen LogP contribution in [0, 0.1) is 0 Å². The average molecular weight is 590 g/mol. The first-order valence-electron chi connectivity index (χ1n) is 13.6. The van der Waals surface area contributed by atoms with Crippen molar-refractivity contribution >= 4 is 46.2 Å². The number of amides is 2.